The fourth-order valence-electron chi connectivity index (χ4n) is 6.06. The van der Waals surface area contributed by atoms with Crippen molar-refractivity contribution in [3.8, 4) is 11.9 Å². The minimum absolute atomic E-state index is 0.0289. The van der Waals surface area contributed by atoms with E-state index in [1.54, 1.807) is 6.07 Å². The fraction of sp³-hybridized carbons (Fsp3) is 0.697. The van der Waals surface area contributed by atoms with Gasteiger partial charge in [-0.2, -0.15) is 10.2 Å². The number of ether oxygens (including phenoxy) is 2. The predicted octanol–water partition coefficient (Wildman–Crippen LogP) is 4.71. The smallest absolute Gasteiger partial charge is 0.474 e. The Balaban J connectivity index is 1.50. The lowest BCUT2D eigenvalue weighted by Gasteiger charge is -2.41. The van der Waals surface area contributed by atoms with E-state index in [1.165, 1.54) is 23.4 Å². The van der Waals surface area contributed by atoms with Gasteiger partial charge >= 0.3 is 15.0 Å². The van der Waals surface area contributed by atoms with Crippen molar-refractivity contribution in [2.45, 2.75) is 109 Å². The van der Waals surface area contributed by atoms with Gasteiger partial charge in [-0.15, -0.1) is 9.42 Å². The summed E-state index contributed by atoms with van der Waals surface area (Å²) >= 11 is 6.04. The molecule has 308 valence electrons. The third-order valence-electron chi connectivity index (χ3n) is 9.90. The number of H-pyrrole nitrogens is 1. The van der Waals surface area contributed by atoms with Crippen LogP contribution in [0.15, 0.2) is 29.7 Å². The largest absolute Gasteiger partial charge is 0.695 e. The molecule has 56 heavy (non-hydrogen) atoms. The molecule has 2 fully saturated rings. The van der Waals surface area contributed by atoms with E-state index < -0.39 is 78.1 Å². The minimum atomic E-state index is -3.85. The van der Waals surface area contributed by atoms with Crippen molar-refractivity contribution in [1.29, 1.82) is 5.26 Å². The third kappa shape index (κ3) is 11.0. The number of aromatic amines is 1. The van der Waals surface area contributed by atoms with Gasteiger partial charge in [0.1, 0.15) is 36.8 Å². The third-order valence-corrected chi connectivity index (χ3v) is 17.2. The van der Waals surface area contributed by atoms with Gasteiger partial charge in [-0.1, -0.05) is 34.6 Å². The van der Waals surface area contributed by atoms with Crippen LogP contribution in [-0.2, 0) is 43.6 Å². The molecule has 4 N–H and O–H groups in total. The van der Waals surface area contributed by atoms with Crippen LogP contribution in [0.4, 0.5) is 5.95 Å². The number of aliphatic hydroxyl groups excluding tert-OH is 1. The number of anilines is 1. The molecule has 1 unspecified atom stereocenters. The van der Waals surface area contributed by atoms with E-state index in [9.17, 15) is 24.6 Å². The Morgan fingerprint density at radius 1 is 1.25 bits per heavy atom. The molecule has 5 rings (SSSR count). The maximum atomic E-state index is 13.2. The van der Waals surface area contributed by atoms with Crippen molar-refractivity contribution in [2.75, 3.05) is 31.7 Å². The van der Waals surface area contributed by atoms with Crippen molar-refractivity contribution in [1.82, 2.24) is 29.5 Å². The summed E-state index contributed by atoms with van der Waals surface area (Å²) in [6, 6.07) is 3.63. The summed E-state index contributed by atoms with van der Waals surface area (Å²) < 4.78 is 57.3. The number of hydrogen-bond donors (Lipinski definition) is 4. The SMILES string of the molecule is CC(C)CNc1nc2c(ncn2[C@@H]2O[C@H](CO)[C@@H](O[Si](C)(C)C(C)(C)C)[C@H]2O[P@@](=S)(OCCC#N)OC[C@H]2C[C@@H](Oc3ccncn3)C[C@@H]2O[P+](=O)O)c(=O)[nH]1. The van der Waals surface area contributed by atoms with Crippen molar-refractivity contribution in [3.63, 3.8) is 0 Å². The van der Waals surface area contributed by atoms with Gasteiger partial charge in [0.05, 0.1) is 38.6 Å². The number of hydrogen-bond acceptors (Lipinski definition) is 17. The van der Waals surface area contributed by atoms with Crippen LogP contribution >= 0.6 is 15.0 Å². The highest BCUT2D eigenvalue weighted by Crippen LogP contribution is 2.56. The van der Waals surface area contributed by atoms with Gasteiger partial charge in [-0.25, -0.2) is 15.0 Å². The molecule has 0 spiro atoms. The molecule has 1 saturated carbocycles. The first kappa shape index (κ1) is 44.3. The van der Waals surface area contributed by atoms with Crippen LogP contribution in [0.5, 0.6) is 5.88 Å². The zero-order valence-electron chi connectivity index (χ0n) is 32.4. The topological polar surface area (TPSA) is 247 Å². The molecule has 0 aromatic carbocycles. The number of aromatic nitrogens is 6. The second-order valence-electron chi connectivity index (χ2n) is 15.6. The zero-order valence-corrected chi connectivity index (χ0v) is 36.0. The molecule has 3 aromatic rings. The van der Waals surface area contributed by atoms with E-state index in [4.69, 9.17) is 43.8 Å². The molecule has 1 aliphatic heterocycles. The summed E-state index contributed by atoms with van der Waals surface area (Å²) in [6.45, 7) is 10.3. The normalized spacial score (nSPS) is 25.7. The van der Waals surface area contributed by atoms with Gasteiger partial charge in [0.25, 0.3) is 5.56 Å². The number of nitrogens with one attached hydrogen (secondary N) is 2. The van der Waals surface area contributed by atoms with Crippen molar-refractivity contribution < 1.29 is 46.6 Å². The van der Waals surface area contributed by atoms with Crippen LogP contribution in [0.3, 0.4) is 0 Å². The summed E-state index contributed by atoms with van der Waals surface area (Å²) in [4.78, 5) is 42.6. The molecular formula is C33H51N8O11P2SSi+. The molecule has 3 aromatic heterocycles. The number of nitrogens with zero attached hydrogens (tertiary/aromatic N) is 6. The van der Waals surface area contributed by atoms with E-state index in [2.05, 4.69) is 51.0 Å². The molecule has 0 bridgehead atoms. The highest BCUT2D eigenvalue weighted by atomic mass is 32.5. The summed E-state index contributed by atoms with van der Waals surface area (Å²) in [5.41, 5.74) is -0.246. The zero-order chi connectivity index (χ0) is 40.8. The van der Waals surface area contributed by atoms with E-state index in [-0.39, 0.29) is 54.1 Å². The molecule has 23 heteroatoms. The monoisotopic (exact) mass is 857 g/mol. The lowest BCUT2D eigenvalue weighted by atomic mass is 10.1. The molecule has 9 atom stereocenters. The Kier molecular flexibility index (Phi) is 14.9. The molecule has 0 radical (unpaired) electrons. The summed E-state index contributed by atoms with van der Waals surface area (Å²) in [5, 5.41) is 22.9. The van der Waals surface area contributed by atoms with Gasteiger partial charge in [-0.3, -0.25) is 18.9 Å². The Morgan fingerprint density at radius 3 is 2.66 bits per heavy atom. The standard InChI is InChI=1S/C33H50N8O11P2SSi/c1-20(2)15-36-32-39-29-26(30(43)40-32)38-19-41(29)31-28(27(24(16-42)49-31)52-56(6,7)33(3,4)5)51-54(55,46-12-8-10-34)47-17-21-13-22(14-23(21)50-53(44)45)48-25-9-11-35-18-37-25/h9,11,18-24,27-28,31,42H,8,12-17H2,1-7H3,(H2-,36,39,40,43,44,45)/p+1/t21-,22-,23+,24-,27-,28-,31-,54-/m1/s1. The maximum Gasteiger partial charge on any atom is 0.695 e. The van der Waals surface area contributed by atoms with Gasteiger partial charge in [-0.05, 0) is 42.3 Å². The van der Waals surface area contributed by atoms with Gasteiger partial charge in [0.15, 0.2) is 25.7 Å². The number of aliphatic hydroxyl groups is 1. The first-order valence-corrected chi connectivity index (χ1v) is 24.9. The van der Waals surface area contributed by atoms with E-state index in [0.717, 1.165) is 0 Å². The van der Waals surface area contributed by atoms with Gasteiger partial charge < -0.3 is 33.4 Å². The van der Waals surface area contributed by atoms with E-state index in [0.29, 0.717) is 18.8 Å². The first-order chi connectivity index (χ1) is 26.4. The van der Waals surface area contributed by atoms with E-state index >= 15 is 0 Å². The Bertz CT molecular complexity index is 1950. The quantitative estimate of drug-likeness (QED) is 0.0724. The van der Waals surface area contributed by atoms with E-state index in [1.807, 2.05) is 33.0 Å². The molecule has 1 saturated heterocycles. The van der Waals surface area contributed by atoms with Gasteiger partial charge in [0, 0.05) is 35.7 Å². The van der Waals surface area contributed by atoms with Crippen molar-refractivity contribution in [3.05, 3.63) is 35.3 Å². The number of rotatable bonds is 19. The lowest BCUT2D eigenvalue weighted by Crippen LogP contribution is -2.50. The van der Waals surface area contributed by atoms with Crippen LogP contribution in [0.2, 0.25) is 18.1 Å². The Hall–Kier alpha value is -2.83. The summed E-state index contributed by atoms with van der Waals surface area (Å²) in [6.07, 6.45) is -0.392. The second-order valence-corrected chi connectivity index (χ2v) is 24.0. The van der Waals surface area contributed by atoms with Crippen LogP contribution in [0.25, 0.3) is 11.2 Å². The average Bonchev–Trinajstić information content (AvgIpc) is 3.81. The Morgan fingerprint density at radius 2 is 2.02 bits per heavy atom. The molecule has 19 nitrogen and oxygen atoms in total. The number of imidazole rings is 1. The Labute approximate surface area is 332 Å². The maximum absolute atomic E-state index is 13.2. The van der Waals surface area contributed by atoms with Crippen LogP contribution in [0, 0.1) is 23.2 Å². The van der Waals surface area contributed by atoms with Gasteiger partial charge in [0.2, 0.25) is 11.8 Å². The highest BCUT2D eigenvalue weighted by molar-refractivity contribution is 8.07. The summed E-state index contributed by atoms with van der Waals surface area (Å²) in [7, 11) is -5.57. The number of nitriles is 1. The highest BCUT2D eigenvalue weighted by Gasteiger charge is 2.54. The van der Waals surface area contributed by atoms with Crippen molar-refractivity contribution in [2.24, 2.45) is 11.8 Å². The molecule has 2 aliphatic rings. The molecule has 4 heterocycles. The predicted molar refractivity (Wildman–Crippen MR) is 210 cm³/mol. The first-order valence-electron chi connectivity index (χ1n) is 18.3. The molecule has 0 amide bonds. The second kappa shape index (κ2) is 18.8. The minimum Gasteiger partial charge on any atom is -0.474 e. The van der Waals surface area contributed by atoms with Crippen molar-refractivity contribution >= 4 is 52.2 Å². The molecule has 1 aliphatic carbocycles. The number of fused-ring (bicyclic) bond motifs is 1. The summed E-state index contributed by atoms with van der Waals surface area (Å²) in [5.74, 6) is 0.324. The van der Waals surface area contributed by atoms with Crippen LogP contribution < -0.4 is 15.6 Å². The average molecular weight is 858 g/mol. The van der Waals surface area contributed by atoms with Crippen LogP contribution in [0.1, 0.15) is 60.1 Å². The fourth-order valence-corrected chi connectivity index (χ4v) is 9.98. The molecular weight excluding hydrogens is 807 g/mol. The van der Waals surface area contributed by atoms with Crippen LogP contribution in [-0.4, -0.2) is 105 Å². The lowest BCUT2D eigenvalue weighted by molar-refractivity contribution is -0.0502.